The third kappa shape index (κ3) is 9.49. The van der Waals surface area contributed by atoms with Crippen LogP contribution in [-0.2, 0) is 17.8 Å². The van der Waals surface area contributed by atoms with Crippen molar-refractivity contribution in [2.75, 3.05) is 26.7 Å². The molecule has 8 heteroatoms. The molecule has 3 N–H and O–H groups in total. The van der Waals surface area contributed by atoms with Gasteiger partial charge in [-0.1, -0.05) is 40.2 Å². The predicted octanol–water partition coefficient (Wildman–Crippen LogP) is 3.57. The van der Waals surface area contributed by atoms with E-state index >= 15 is 0 Å². The molecule has 2 aromatic rings. The third-order valence-corrected chi connectivity index (χ3v) is 4.52. The van der Waals surface area contributed by atoms with Crippen molar-refractivity contribution in [1.29, 1.82) is 0 Å². The van der Waals surface area contributed by atoms with Crippen LogP contribution in [-0.4, -0.2) is 43.5 Å². The van der Waals surface area contributed by atoms with Gasteiger partial charge in [0.15, 0.2) is 12.6 Å². The van der Waals surface area contributed by atoms with Crippen molar-refractivity contribution in [3.8, 4) is 5.75 Å². The topological polar surface area (TPSA) is 80.0 Å². The minimum Gasteiger partial charge on any atom is -0.484 e. The zero-order valence-electron chi connectivity index (χ0n) is 16.7. The van der Waals surface area contributed by atoms with E-state index in [1.54, 1.807) is 0 Å². The largest absolute Gasteiger partial charge is 0.484 e. The molecule has 0 radical (unpaired) electrons. The molecule has 0 saturated carbocycles. The summed E-state index contributed by atoms with van der Waals surface area (Å²) >= 11 is 3.46. The van der Waals surface area contributed by atoms with Crippen LogP contribution in [0.3, 0.4) is 0 Å². The number of carbonyl (C=O) groups excluding carboxylic acids is 1. The van der Waals surface area contributed by atoms with E-state index in [-0.39, 0.29) is 30.6 Å². The molecule has 0 atom stereocenters. The van der Waals surface area contributed by atoms with Gasteiger partial charge in [-0.05, 0) is 48.7 Å². The van der Waals surface area contributed by atoms with Gasteiger partial charge >= 0.3 is 0 Å². The maximum absolute atomic E-state index is 10.8. The van der Waals surface area contributed by atoms with Gasteiger partial charge in [-0.15, -0.1) is 24.0 Å². The third-order valence-electron chi connectivity index (χ3n) is 4.00. The van der Waals surface area contributed by atoms with Gasteiger partial charge in [-0.2, -0.15) is 0 Å². The number of halogens is 2. The fourth-order valence-corrected chi connectivity index (χ4v) is 2.87. The van der Waals surface area contributed by atoms with Gasteiger partial charge in [-0.3, -0.25) is 9.79 Å². The molecule has 0 unspecified atom stereocenters. The van der Waals surface area contributed by atoms with Gasteiger partial charge in [0.05, 0.1) is 0 Å². The molecular weight excluding hydrogens is 547 g/mol. The van der Waals surface area contributed by atoms with Crippen LogP contribution in [0, 0.1) is 0 Å². The molecule has 0 aliphatic rings. The summed E-state index contributed by atoms with van der Waals surface area (Å²) in [5.41, 5.74) is 7.46. The molecular formula is C21H28BrIN4O2. The lowest BCUT2D eigenvalue weighted by molar-refractivity contribution is -0.119. The van der Waals surface area contributed by atoms with Crippen LogP contribution >= 0.6 is 39.9 Å². The highest BCUT2D eigenvalue weighted by molar-refractivity contribution is 14.0. The Balaban J connectivity index is 0.00000420. The van der Waals surface area contributed by atoms with Crippen molar-refractivity contribution in [3.05, 3.63) is 64.1 Å². The Bertz CT molecular complexity index is 782. The molecule has 0 aromatic heterocycles. The maximum Gasteiger partial charge on any atom is 0.255 e. The van der Waals surface area contributed by atoms with E-state index in [4.69, 9.17) is 15.5 Å². The highest BCUT2D eigenvalue weighted by Gasteiger charge is 2.06. The molecule has 0 aliphatic heterocycles. The first-order chi connectivity index (χ1) is 13.5. The zero-order chi connectivity index (χ0) is 20.4. The average molecular weight is 575 g/mol. The summed E-state index contributed by atoms with van der Waals surface area (Å²) in [7, 11) is 2.04. The van der Waals surface area contributed by atoms with E-state index < -0.39 is 5.91 Å². The minimum absolute atomic E-state index is 0. The number of benzene rings is 2. The number of carbonyl (C=O) groups is 1. The van der Waals surface area contributed by atoms with Crippen LogP contribution in [0.2, 0.25) is 0 Å². The number of nitrogens with zero attached hydrogens (tertiary/aromatic N) is 2. The van der Waals surface area contributed by atoms with Crippen molar-refractivity contribution in [1.82, 2.24) is 10.2 Å². The first-order valence-electron chi connectivity index (χ1n) is 9.22. The quantitative estimate of drug-likeness (QED) is 0.273. The number of hydrogen-bond donors (Lipinski definition) is 2. The van der Waals surface area contributed by atoms with Gasteiger partial charge in [0.25, 0.3) is 5.91 Å². The number of primary amides is 1. The van der Waals surface area contributed by atoms with Gasteiger partial charge in [0.1, 0.15) is 5.75 Å². The number of amides is 1. The van der Waals surface area contributed by atoms with E-state index in [9.17, 15) is 4.79 Å². The second-order valence-corrected chi connectivity index (χ2v) is 7.28. The Kier molecular flexibility index (Phi) is 11.7. The Hall–Kier alpha value is -1.81. The number of hydrogen-bond acceptors (Lipinski definition) is 3. The molecule has 0 heterocycles. The minimum atomic E-state index is -0.485. The zero-order valence-corrected chi connectivity index (χ0v) is 20.6. The van der Waals surface area contributed by atoms with Crippen LogP contribution < -0.4 is 15.8 Å². The van der Waals surface area contributed by atoms with Gasteiger partial charge in [0, 0.05) is 31.2 Å². The lowest BCUT2D eigenvalue weighted by Gasteiger charge is -2.22. The van der Waals surface area contributed by atoms with E-state index in [0.29, 0.717) is 12.3 Å². The van der Waals surface area contributed by atoms with Crippen LogP contribution in [0.15, 0.2) is 58.0 Å². The Morgan fingerprint density at radius 2 is 1.76 bits per heavy atom. The molecule has 0 saturated heterocycles. The molecule has 29 heavy (non-hydrogen) atoms. The van der Waals surface area contributed by atoms with Crippen LogP contribution in [0.1, 0.15) is 18.1 Å². The van der Waals surface area contributed by atoms with E-state index in [2.05, 4.69) is 45.2 Å². The summed E-state index contributed by atoms with van der Waals surface area (Å²) in [6, 6.07) is 15.9. The predicted molar refractivity (Wildman–Crippen MR) is 132 cm³/mol. The summed E-state index contributed by atoms with van der Waals surface area (Å²) in [5, 5.41) is 3.34. The molecule has 0 fully saturated rings. The van der Waals surface area contributed by atoms with E-state index in [0.717, 1.165) is 35.5 Å². The summed E-state index contributed by atoms with van der Waals surface area (Å²) in [4.78, 5) is 17.6. The number of rotatable bonds is 9. The van der Waals surface area contributed by atoms with Crippen molar-refractivity contribution >= 4 is 51.8 Å². The lowest BCUT2D eigenvalue weighted by atomic mass is 10.1. The SMILES string of the molecule is CCNC(=NCCc1ccc(OCC(N)=O)cc1)N(C)Cc1ccc(Br)cc1.I. The average Bonchev–Trinajstić information content (AvgIpc) is 2.68. The van der Waals surface area contributed by atoms with Crippen LogP contribution in [0.5, 0.6) is 5.75 Å². The van der Waals surface area contributed by atoms with Crippen LogP contribution in [0.4, 0.5) is 0 Å². The highest BCUT2D eigenvalue weighted by atomic mass is 127. The van der Waals surface area contributed by atoms with Gasteiger partial charge in [0.2, 0.25) is 0 Å². The summed E-state index contributed by atoms with van der Waals surface area (Å²) in [5.74, 6) is 1.03. The molecule has 0 bridgehead atoms. The van der Waals surface area contributed by atoms with Gasteiger partial charge < -0.3 is 20.7 Å². The smallest absolute Gasteiger partial charge is 0.255 e. The van der Waals surface area contributed by atoms with Crippen molar-refractivity contribution in [3.63, 3.8) is 0 Å². The van der Waals surface area contributed by atoms with E-state index in [1.807, 2.05) is 43.4 Å². The molecule has 158 valence electrons. The maximum atomic E-state index is 10.8. The molecule has 0 aliphatic carbocycles. The summed E-state index contributed by atoms with van der Waals surface area (Å²) in [6.45, 7) is 4.23. The number of nitrogens with two attached hydrogens (primary N) is 1. The number of ether oxygens (including phenoxy) is 1. The van der Waals surface area contributed by atoms with Crippen molar-refractivity contribution < 1.29 is 9.53 Å². The van der Waals surface area contributed by atoms with E-state index in [1.165, 1.54) is 5.56 Å². The van der Waals surface area contributed by atoms with Crippen molar-refractivity contribution in [2.45, 2.75) is 19.9 Å². The normalized spacial score (nSPS) is 10.8. The molecule has 2 aromatic carbocycles. The molecule has 2 rings (SSSR count). The highest BCUT2D eigenvalue weighted by Crippen LogP contribution is 2.13. The van der Waals surface area contributed by atoms with Crippen LogP contribution in [0.25, 0.3) is 0 Å². The van der Waals surface area contributed by atoms with Crippen molar-refractivity contribution in [2.24, 2.45) is 10.7 Å². The summed E-state index contributed by atoms with van der Waals surface area (Å²) in [6.07, 6.45) is 0.817. The number of guanidine groups is 1. The number of aliphatic imine (C=N–C) groups is 1. The first kappa shape index (κ1) is 25.2. The summed E-state index contributed by atoms with van der Waals surface area (Å²) < 4.78 is 6.35. The first-order valence-corrected chi connectivity index (χ1v) is 10.0. The molecule has 0 spiro atoms. The number of nitrogens with one attached hydrogen (secondary N) is 1. The Morgan fingerprint density at radius 1 is 1.14 bits per heavy atom. The fourth-order valence-electron chi connectivity index (χ4n) is 2.61. The Labute approximate surface area is 198 Å². The molecule has 1 amide bonds. The second-order valence-electron chi connectivity index (χ2n) is 6.37. The molecule has 6 nitrogen and oxygen atoms in total. The Morgan fingerprint density at radius 3 is 2.34 bits per heavy atom. The van der Waals surface area contributed by atoms with Gasteiger partial charge in [-0.25, -0.2) is 0 Å². The monoisotopic (exact) mass is 574 g/mol. The standard InChI is InChI=1S/C21H27BrN4O2.HI/c1-3-24-21(26(2)14-17-4-8-18(22)9-5-17)25-13-12-16-6-10-19(11-7-16)28-15-20(23)27;/h4-11H,3,12-15H2,1-2H3,(H2,23,27)(H,24,25);1H. The second kappa shape index (κ2) is 13.4. The lowest BCUT2D eigenvalue weighted by Crippen LogP contribution is -2.38. The fraction of sp³-hybridized carbons (Fsp3) is 0.333.